The summed E-state index contributed by atoms with van der Waals surface area (Å²) in [7, 11) is 0. The molecule has 0 spiro atoms. The van der Waals surface area contributed by atoms with E-state index in [-0.39, 0.29) is 5.91 Å². The molecule has 0 atom stereocenters. The van der Waals surface area contributed by atoms with Gasteiger partial charge in [-0.3, -0.25) is 14.5 Å². The molecule has 6 heteroatoms. The standard InChI is InChI=1S/C16H16N4O2/c1-12-10-15(13-2-5-17-6-3-13)19-20(12)8-7-18-16(21)14-4-9-22-11-14/h2-6,9-11H,7-8H2,1H3,(H,18,21). The van der Waals surface area contributed by atoms with Gasteiger partial charge in [0, 0.05) is 30.2 Å². The second-order valence-corrected chi connectivity index (χ2v) is 4.90. The van der Waals surface area contributed by atoms with Gasteiger partial charge in [0.15, 0.2) is 0 Å². The van der Waals surface area contributed by atoms with Crippen LogP contribution < -0.4 is 5.32 Å². The van der Waals surface area contributed by atoms with Crippen molar-refractivity contribution >= 4 is 5.91 Å². The molecule has 6 nitrogen and oxygen atoms in total. The third-order valence-corrected chi connectivity index (χ3v) is 3.35. The topological polar surface area (TPSA) is 73.0 Å². The maximum Gasteiger partial charge on any atom is 0.254 e. The van der Waals surface area contributed by atoms with Crippen molar-refractivity contribution in [3.63, 3.8) is 0 Å². The van der Waals surface area contributed by atoms with Crippen molar-refractivity contribution in [3.8, 4) is 11.3 Å². The van der Waals surface area contributed by atoms with E-state index < -0.39 is 0 Å². The Hall–Kier alpha value is -2.89. The second kappa shape index (κ2) is 6.26. The normalized spacial score (nSPS) is 10.6. The number of aromatic nitrogens is 3. The zero-order valence-electron chi connectivity index (χ0n) is 12.2. The van der Waals surface area contributed by atoms with Crippen molar-refractivity contribution in [2.75, 3.05) is 6.54 Å². The van der Waals surface area contributed by atoms with Crippen LogP contribution in [0, 0.1) is 6.92 Å². The van der Waals surface area contributed by atoms with Crippen LogP contribution in [-0.2, 0) is 6.54 Å². The van der Waals surface area contributed by atoms with Gasteiger partial charge in [-0.1, -0.05) is 0 Å². The number of pyridine rings is 1. The first-order chi connectivity index (χ1) is 10.7. The van der Waals surface area contributed by atoms with E-state index in [0.717, 1.165) is 17.0 Å². The van der Waals surface area contributed by atoms with Crippen molar-refractivity contribution in [2.45, 2.75) is 13.5 Å². The van der Waals surface area contributed by atoms with Crippen LogP contribution in [0.3, 0.4) is 0 Å². The molecule has 112 valence electrons. The fourth-order valence-electron chi connectivity index (χ4n) is 2.17. The maximum atomic E-state index is 11.8. The summed E-state index contributed by atoms with van der Waals surface area (Å²) in [5.41, 5.74) is 3.50. The number of amides is 1. The fourth-order valence-corrected chi connectivity index (χ4v) is 2.17. The zero-order chi connectivity index (χ0) is 15.4. The van der Waals surface area contributed by atoms with E-state index in [1.54, 1.807) is 18.5 Å². The van der Waals surface area contributed by atoms with Crippen LogP contribution in [0.5, 0.6) is 0 Å². The number of rotatable bonds is 5. The molecular weight excluding hydrogens is 280 g/mol. The van der Waals surface area contributed by atoms with E-state index in [2.05, 4.69) is 15.4 Å². The Morgan fingerprint density at radius 3 is 2.86 bits per heavy atom. The van der Waals surface area contributed by atoms with Gasteiger partial charge in [0.25, 0.3) is 5.91 Å². The number of hydrogen-bond donors (Lipinski definition) is 1. The number of aryl methyl sites for hydroxylation is 1. The molecule has 3 aromatic heterocycles. The Morgan fingerprint density at radius 2 is 2.14 bits per heavy atom. The Bertz CT molecular complexity index is 748. The molecule has 0 unspecified atom stereocenters. The number of carbonyl (C=O) groups is 1. The molecule has 22 heavy (non-hydrogen) atoms. The molecule has 0 aliphatic heterocycles. The van der Waals surface area contributed by atoms with Crippen LogP contribution in [0.25, 0.3) is 11.3 Å². The highest BCUT2D eigenvalue weighted by molar-refractivity contribution is 5.93. The molecule has 3 heterocycles. The molecular formula is C16H16N4O2. The Morgan fingerprint density at radius 1 is 1.32 bits per heavy atom. The lowest BCUT2D eigenvalue weighted by molar-refractivity contribution is 0.0951. The van der Waals surface area contributed by atoms with Gasteiger partial charge in [-0.2, -0.15) is 5.10 Å². The van der Waals surface area contributed by atoms with Crippen molar-refractivity contribution in [1.29, 1.82) is 0 Å². The first kappa shape index (κ1) is 14.1. The van der Waals surface area contributed by atoms with Crippen molar-refractivity contribution in [1.82, 2.24) is 20.1 Å². The second-order valence-electron chi connectivity index (χ2n) is 4.90. The monoisotopic (exact) mass is 296 g/mol. The molecule has 0 bridgehead atoms. The van der Waals surface area contributed by atoms with Gasteiger partial charge in [-0.15, -0.1) is 0 Å². The predicted molar refractivity (Wildman–Crippen MR) is 81.2 cm³/mol. The number of carbonyl (C=O) groups excluding carboxylic acids is 1. The third kappa shape index (κ3) is 3.06. The summed E-state index contributed by atoms with van der Waals surface area (Å²) in [5.74, 6) is -0.145. The first-order valence-corrected chi connectivity index (χ1v) is 6.99. The van der Waals surface area contributed by atoms with Crippen LogP contribution >= 0.6 is 0 Å². The van der Waals surface area contributed by atoms with Crippen LogP contribution in [0.1, 0.15) is 16.1 Å². The Labute approximate surface area is 127 Å². The number of furan rings is 1. The minimum atomic E-state index is -0.145. The van der Waals surface area contributed by atoms with E-state index >= 15 is 0 Å². The van der Waals surface area contributed by atoms with Gasteiger partial charge < -0.3 is 9.73 Å². The molecule has 1 N–H and O–H groups in total. The average molecular weight is 296 g/mol. The number of hydrogen-bond acceptors (Lipinski definition) is 4. The summed E-state index contributed by atoms with van der Waals surface area (Å²) in [4.78, 5) is 15.8. The molecule has 0 saturated heterocycles. The number of nitrogens with one attached hydrogen (secondary N) is 1. The largest absolute Gasteiger partial charge is 0.472 e. The van der Waals surface area contributed by atoms with E-state index in [9.17, 15) is 4.79 Å². The highest BCUT2D eigenvalue weighted by atomic mass is 16.3. The summed E-state index contributed by atoms with van der Waals surface area (Å²) in [6.07, 6.45) is 6.40. The lowest BCUT2D eigenvalue weighted by Crippen LogP contribution is -2.27. The Kier molecular flexibility index (Phi) is 4.00. The van der Waals surface area contributed by atoms with Gasteiger partial charge in [-0.05, 0) is 31.2 Å². The summed E-state index contributed by atoms with van der Waals surface area (Å²) >= 11 is 0. The molecule has 1 amide bonds. The van der Waals surface area contributed by atoms with Gasteiger partial charge in [-0.25, -0.2) is 0 Å². The smallest absolute Gasteiger partial charge is 0.254 e. The molecule has 0 aliphatic carbocycles. The molecule has 3 aromatic rings. The van der Waals surface area contributed by atoms with E-state index in [1.807, 2.05) is 29.8 Å². The van der Waals surface area contributed by atoms with Crippen LogP contribution in [0.4, 0.5) is 0 Å². The fraction of sp³-hybridized carbons (Fsp3) is 0.188. The van der Waals surface area contributed by atoms with Gasteiger partial charge in [0.1, 0.15) is 6.26 Å². The van der Waals surface area contributed by atoms with Crippen molar-refractivity contribution in [2.24, 2.45) is 0 Å². The SMILES string of the molecule is Cc1cc(-c2ccncc2)nn1CCNC(=O)c1ccoc1. The lowest BCUT2D eigenvalue weighted by Gasteiger charge is -2.05. The molecule has 3 rings (SSSR count). The van der Waals surface area contributed by atoms with Crippen LogP contribution in [0.2, 0.25) is 0 Å². The summed E-state index contributed by atoms with van der Waals surface area (Å²) in [5, 5.41) is 7.40. The third-order valence-electron chi connectivity index (χ3n) is 3.35. The quantitative estimate of drug-likeness (QED) is 0.784. The lowest BCUT2D eigenvalue weighted by atomic mass is 10.2. The van der Waals surface area contributed by atoms with Crippen molar-refractivity contribution in [3.05, 3.63) is 60.4 Å². The van der Waals surface area contributed by atoms with Crippen LogP contribution in [-0.4, -0.2) is 27.2 Å². The summed E-state index contributed by atoms with van der Waals surface area (Å²) < 4.78 is 6.77. The highest BCUT2D eigenvalue weighted by Gasteiger charge is 2.08. The molecule has 0 saturated carbocycles. The number of nitrogens with zero attached hydrogens (tertiary/aromatic N) is 3. The first-order valence-electron chi connectivity index (χ1n) is 6.99. The molecule has 0 aliphatic rings. The predicted octanol–water partition coefficient (Wildman–Crippen LogP) is 2.28. The summed E-state index contributed by atoms with van der Waals surface area (Å²) in [6, 6.07) is 7.50. The average Bonchev–Trinajstić information content (AvgIpc) is 3.18. The van der Waals surface area contributed by atoms with Gasteiger partial charge >= 0.3 is 0 Å². The van der Waals surface area contributed by atoms with Gasteiger partial charge in [0.2, 0.25) is 0 Å². The minimum absolute atomic E-state index is 0.145. The highest BCUT2D eigenvalue weighted by Crippen LogP contribution is 2.17. The van der Waals surface area contributed by atoms with Gasteiger partial charge in [0.05, 0.1) is 24.1 Å². The minimum Gasteiger partial charge on any atom is -0.472 e. The zero-order valence-corrected chi connectivity index (χ0v) is 12.2. The van der Waals surface area contributed by atoms with E-state index in [1.165, 1.54) is 12.5 Å². The van der Waals surface area contributed by atoms with Crippen molar-refractivity contribution < 1.29 is 9.21 Å². The van der Waals surface area contributed by atoms with E-state index in [4.69, 9.17) is 4.42 Å². The molecule has 0 aromatic carbocycles. The molecule has 0 fully saturated rings. The Balaban J connectivity index is 1.61. The van der Waals surface area contributed by atoms with E-state index in [0.29, 0.717) is 18.7 Å². The van der Waals surface area contributed by atoms with Crippen LogP contribution in [0.15, 0.2) is 53.6 Å². The maximum absolute atomic E-state index is 11.8. The molecule has 0 radical (unpaired) electrons. The summed E-state index contributed by atoms with van der Waals surface area (Å²) in [6.45, 7) is 3.11.